The predicted molar refractivity (Wildman–Crippen MR) is 91.0 cm³/mol. The van der Waals surface area contributed by atoms with Gasteiger partial charge in [0.05, 0.1) is 11.6 Å². The standard InChI is InChI=1S/C19H21N3O3/c1-19(12-14-6-2-3-8-16(14)17(23)25-19)18(24)21-10-4-7-15(13-21)22-11-5-9-20-22/h2-3,5-6,8-9,11,15H,4,7,10,12-13H2,1H3/t15-,19+/m1/s1. The summed E-state index contributed by atoms with van der Waals surface area (Å²) in [6, 6.07) is 9.39. The number of aromatic nitrogens is 2. The summed E-state index contributed by atoms with van der Waals surface area (Å²) in [6.07, 6.45) is 6.00. The molecule has 6 nitrogen and oxygen atoms in total. The fourth-order valence-electron chi connectivity index (χ4n) is 3.84. The smallest absolute Gasteiger partial charge is 0.339 e. The highest BCUT2D eigenvalue weighted by Gasteiger charge is 2.45. The Labute approximate surface area is 146 Å². The summed E-state index contributed by atoms with van der Waals surface area (Å²) >= 11 is 0. The van der Waals surface area contributed by atoms with E-state index >= 15 is 0 Å². The van der Waals surface area contributed by atoms with Crippen molar-refractivity contribution in [2.24, 2.45) is 0 Å². The van der Waals surface area contributed by atoms with Gasteiger partial charge in [-0.2, -0.15) is 5.10 Å². The molecule has 2 aromatic rings. The molecular formula is C19H21N3O3. The zero-order chi connectivity index (χ0) is 17.4. The van der Waals surface area contributed by atoms with E-state index in [0.717, 1.165) is 18.4 Å². The van der Waals surface area contributed by atoms with Gasteiger partial charge in [0.1, 0.15) is 0 Å². The zero-order valence-corrected chi connectivity index (χ0v) is 14.2. The fourth-order valence-corrected chi connectivity index (χ4v) is 3.84. The molecule has 1 saturated heterocycles. The third-order valence-corrected chi connectivity index (χ3v) is 5.12. The Morgan fingerprint density at radius 2 is 2.16 bits per heavy atom. The van der Waals surface area contributed by atoms with Crippen molar-refractivity contribution in [3.8, 4) is 0 Å². The number of esters is 1. The Morgan fingerprint density at radius 1 is 1.32 bits per heavy atom. The maximum Gasteiger partial charge on any atom is 0.339 e. The third kappa shape index (κ3) is 2.81. The van der Waals surface area contributed by atoms with Gasteiger partial charge in [0.2, 0.25) is 0 Å². The third-order valence-electron chi connectivity index (χ3n) is 5.12. The molecule has 0 saturated carbocycles. The van der Waals surface area contributed by atoms with Gasteiger partial charge in [-0.05, 0) is 37.5 Å². The summed E-state index contributed by atoms with van der Waals surface area (Å²) in [7, 11) is 0. The lowest BCUT2D eigenvalue weighted by atomic mass is 9.88. The van der Waals surface area contributed by atoms with Crippen LogP contribution in [0.1, 0.15) is 41.7 Å². The second-order valence-electron chi connectivity index (χ2n) is 6.99. The number of hydrogen-bond acceptors (Lipinski definition) is 4. The Kier molecular flexibility index (Phi) is 3.82. The van der Waals surface area contributed by atoms with Crippen LogP contribution >= 0.6 is 0 Å². The van der Waals surface area contributed by atoms with Gasteiger partial charge >= 0.3 is 5.97 Å². The Balaban J connectivity index is 1.55. The lowest BCUT2D eigenvalue weighted by Gasteiger charge is -2.40. The van der Waals surface area contributed by atoms with Crippen molar-refractivity contribution in [2.45, 2.75) is 37.8 Å². The van der Waals surface area contributed by atoms with E-state index in [1.807, 2.05) is 40.0 Å². The Morgan fingerprint density at radius 3 is 2.96 bits per heavy atom. The quantitative estimate of drug-likeness (QED) is 0.787. The number of carbonyl (C=O) groups is 2. The average Bonchev–Trinajstić information content (AvgIpc) is 3.16. The molecule has 0 N–H and O–H groups in total. The Bertz CT molecular complexity index is 802. The van der Waals surface area contributed by atoms with Crippen molar-refractivity contribution >= 4 is 11.9 Å². The first-order valence-electron chi connectivity index (χ1n) is 8.66. The maximum atomic E-state index is 13.2. The molecular weight excluding hydrogens is 318 g/mol. The van der Waals surface area contributed by atoms with Crippen LogP contribution in [0.15, 0.2) is 42.7 Å². The number of ether oxygens (including phenoxy) is 1. The summed E-state index contributed by atoms with van der Waals surface area (Å²) in [5, 5.41) is 4.30. The monoisotopic (exact) mass is 339 g/mol. The second kappa shape index (κ2) is 6.02. The van der Waals surface area contributed by atoms with Crippen LogP contribution in [0.3, 0.4) is 0 Å². The van der Waals surface area contributed by atoms with Crippen LogP contribution < -0.4 is 0 Å². The normalized spacial score (nSPS) is 26.0. The molecule has 0 radical (unpaired) electrons. The minimum absolute atomic E-state index is 0.118. The van der Waals surface area contributed by atoms with Crippen LogP contribution in [-0.2, 0) is 16.0 Å². The van der Waals surface area contributed by atoms with Crippen LogP contribution in [0.5, 0.6) is 0 Å². The van der Waals surface area contributed by atoms with Gasteiger partial charge in [0, 0.05) is 31.9 Å². The summed E-state index contributed by atoms with van der Waals surface area (Å²) in [6.45, 7) is 3.00. The zero-order valence-electron chi connectivity index (χ0n) is 14.2. The molecule has 2 aliphatic rings. The molecule has 0 aliphatic carbocycles. The number of amides is 1. The number of hydrogen-bond donors (Lipinski definition) is 0. The molecule has 130 valence electrons. The summed E-state index contributed by atoms with van der Waals surface area (Å²) in [5.41, 5.74) is 0.285. The number of piperidine rings is 1. The van der Waals surface area contributed by atoms with Gasteiger partial charge < -0.3 is 9.64 Å². The highest BCUT2D eigenvalue weighted by atomic mass is 16.6. The Hall–Kier alpha value is -2.63. The van der Waals surface area contributed by atoms with Gasteiger partial charge in [0.25, 0.3) is 5.91 Å². The highest BCUT2D eigenvalue weighted by molar-refractivity contribution is 5.97. The van der Waals surface area contributed by atoms with Gasteiger partial charge in [-0.25, -0.2) is 4.79 Å². The average molecular weight is 339 g/mol. The molecule has 6 heteroatoms. The molecule has 0 bridgehead atoms. The van der Waals surface area contributed by atoms with Gasteiger partial charge in [-0.1, -0.05) is 18.2 Å². The van der Waals surface area contributed by atoms with Crippen molar-refractivity contribution in [2.75, 3.05) is 13.1 Å². The van der Waals surface area contributed by atoms with Gasteiger partial charge in [-0.15, -0.1) is 0 Å². The maximum absolute atomic E-state index is 13.2. The molecule has 1 amide bonds. The minimum Gasteiger partial charge on any atom is -0.445 e. The van der Waals surface area contributed by atoms with E-state index < -0.39 is 11.6 Å². The van der Waals surface area contributed by atoms with Gasteiger partial charge in [-0.3, -0.25) is 9.48 Å². The van der Waals surface area contributed by atoms with E-state index in [4.69, 9.17) is 4.74 Å². The summed E-state index contributed by atoms with van der Waals surface area (Å²) < 4.78 is 7.50. The summed E-state index contributed by atoms with van der Waals surface area (Å²) in [5.74, 6) is -0.537. The number of likely N-dealkylation sites (tertiary alicyclic amines) is 1. The number of nitrogens with zero attached hydrogens (tertiary/aromatic N) is 3. The molecule has 2 aliphatic heterocycles. The van der Waals surface area contributed by atoms with Crippen molar-refractivity contribution in [3.63, 3.8) is 0 Å². The fraction of sp³-hybridized carbons (Fsp3) is 0.421. The van der Waals surface area contributed by atoms with Crippen LogP contribution in [0.2, 0.25) is 0 Å². The first kappa shape index (κ1) is 15.9. The van der Waals surface area contributed by atoms with E-state index in [-0.39, 0.29) is 11.9 Å². The number of rotatable bonds is 2. The molecule has 1 aromatic carbocycles. The lowest BCUT2D eigenvalue weighted by Crippen LogP contribution is -2.55. The largest absolute Gasteiger partial charge is 0.445 e. The molecule has 3 heterocycles. The summed E-state index contributed by atoms with van der Waals surface area (Å²) in [4.78, 5) is 27.3. The van der Waals surface area contributed by atoms with Crippen LogP contribution in [0, 0.1) is 0 Å². The molecule has 1 fully saturated rings. The molecule has 4 rings (SSSR count). The molecule has 0 unspecified atom stereocenters. The number of benzene rings is 1. The van der Waals surface area contributed by atoms with E-state index in [1.165, 1.54) is 0 Å². The molecule has 0 spiro atoms. The molecule has 1 aromatic heterocycles. The van der Waals surface area contributed by atoms with E-state index in [0.29, 0.717) is 25.1 Å². The first-order valence-corrected chi connectivity index (χ1v) is 8.66. The van der Waals surface area contributed by atoms with Crippen LogP contribution in [0.25, 0.3) is 0 Å². The van der Waals surface area contributed by atoms with Crippen molar-refractivity contribution in [1.29, 1.82) is 0 Å². The number of cyclic esters (lactones) is 1. The first-order chi connectivity index (χ1) is 12.1. The van der Waals surface area contributed by atoms with Crippen LogP contribution in [0.4, 0.5) is 0 Å². The lowest BCUT2D eigenvalue weighted by molar-refractivity contribution is -0.152. The van der Waals surface area contributed by atoms with Gasteiger partial charge in [0.15, 0.2) is 5.60 Å². The van der Waals surface area contributed by atoms with E-state index in [9.17, 15) is 9.59 Å². The van der Waals surface area contributed by atoms with E-state index in [1.54, 1.807) is 19.2 Å². The van der Waals surface area contributed by atoms with E-state index in [2.05, 4.69) is 5.10 Å². The number of fused-ring (bicyclic) bond motifs is 1. The molecule has 2 atom stereocenters. The molecule has 25 heavy (non-hydrogen) atoms. The predicted octanol–water partition coefficient (Wildman–Crippen LogP) is 2.22. The van der Waals surface area contributed by atoms with Crippen molar-refractivity contribution < 1.29 is 14.3 Å². The van der Waals surface area contributed by atoms with Crippen molar-refractivity contribution in [3.05, 3.63) is 53.9 Å². The topological polar surface area (TPSA) is 64.4 Å². The SMILES string of the molecule is C[C@@]1(C(=O)N2CCC[C@@H](n3cccn3)C2)Cc2ccccc2C(=O)O1. The number of carbonyl (C=O) groups excluding carboxylic acids is 2. The highest BCUT2D eigenvalue weighted by Crippen LogP contribution is 2.31. The van der Waals surface area contributed by atoms with Crippen LogP contribution in [-0.4, -0.2) is 45.2 Å². The second-order valence-corrected chi connectivity index (χ2v) is 6.99. The minimum atomic E-state index is -1.14. The van der Waals surface area contributed by atoms with Crippen molar-refractivity contribution in [1.82, 2.24) is 14.7 Å².